The first-order valence-corrected chi connectivity index (χ1v) is 6.67. The van der Waals surface area contributed by atoms with Crippen molar-refractivity contribution in [2.75, 3.05) is 0 Å². The summed E-state index contributed by atoms with van der Waals surface area (Å²) in [6.07, 6.45) is 0. The van der Waals surface area contributed by atoms with E-state index in [0.717, 1.165) is 16.8 Å². The quantitative estimate of drug-likeness (QED) is 0.803. The van der Waals surface area contributed by atoms with Crippen LogP contribution < -0.4 is 5.73 Å². The van der Waals surface area contributed by atoms with Crippen molar-refractivity contribution < 1.29 is 4.39 Å². The summed E-state index contributed by atoms with van der Waals surface area (Å²) in [6.45, 7) is 2.29. The van der Waals surface area contributed by atoms with Gasteiger partial charge in [0.2, 0.25) is 0 Å². The Kier molecular flexibility index (Phi) is 3.50. The molecular formula is C16H15FN4. The van der Waals surface area contributed by atoms with Crippen LogP contribution in [0.4, 0.5) is 4.39 Å². The molecule has 0 aliphatic heterocycles. The van der Waals surface area contributed by atoms with Gasteiger partial charge in [0.15, 0.2) is 0 Å². The Labute approximate surface area is 122 Å². The molecule has 0 bridgehead atoms. The van der Waals surface area contributed by atoms with Crippen molar-refractivity contribution >= 4 is 0 Å². The van der Waals surface area contributed by atoms with Gasteiger partial charge in [-0.05, 0) is 30.7 Å². The molecule has 5 heteroatoms. The molecule has 21 heavy (non-hydrogen) atoms. The predicted octanol–water partition coefficient (Wildman–Crippen LogP) is 2.84. The fraction of sp³-hybridized carbons (Fsp3) is 0.125. The van der Waals surface area contributed by atoms with E-state index in [1.807, 2.05) is 31.2 Å². The monoisotopic (exact) mass is 282 g/mol. The lowest BCUT2D eigenvalue weighted by molar-refractivity contribution is 0.625. The number of halogens is 1. The van der Waals surface area contributed by atoms with Gasteiger partial charge in [-0.1, -0.05) is 35.5 Å². The number of aromatic nitrogens is 3. The minimum Gasteiger partial charge on any atom is -0.325 e. The minimum atomic E-state index is -0.312. The normalized spacial score (nSPS) is 10.8. The van der Waals surface area contributed by atoms with Crippen LogP contribution in [0.25, 0.3) is 16.9 Å². The Morgan fingerprint density at radius 3 is 2.67 bits per heavy atom. The van der Waals surface area contributed by atoms with Crippen LogP contribution in [0.15, 0.2) is 48.5 Å². The second-order valence-electron chi connectivity index (χ2n) is 4.80. The third kappa shape index (κ3) is 2.43. The second kappa shape index (κ2) is 5.46. The second-order valence-corrected chi connectivity index (χ2v) is 4.80. The fourth-order valence-corrected chi connectivity index (χ4v) is 2.35. The van der Waals surface area contributed by atoms with Gasteiger partial charge in [-0.25, -0.2) is 9.07 Å². The van der Waals surface area contributed by atoms with Crippen molar-refractivity contribution in [3.05, 3.63) is 65.6 Å². The van der Waals surface area contributed by atoms with Gasteiger partial charge < -0.3 is 5.73 Å². The van der Waals surface area contributed by atoms with E-state index in [1.54, 1.807) is 16.8 Å². The molecule has 0 atom stereocenters. The number of benzene rings is 2. The van der Waals surface area contributed by atoms with E-state index in [9.17, 15) is 4.39 Å². The minimum absolute atomic E-state index is 0.277. The van der Waals surface area contributed by atoms with Crippen LogP contribution in [0, 0.1) is 12.7 Å². The SMILES string of the molecule is Cc1ccccc1-c1c(CN)nnn1-c1cccc(F)c1. The summed E-state index contributed by atoms with van der Waals surface area (Å²) in [4.78, 5) is 0. The van der Waals surface area contributed by atoms with Crippen LogP contribution >= 0.6 is 0 Å². The summed E-state index contributed by atoms with van der Waals surface area (Å²) in [5, 5.41) is 8.26. The zero-order chi connectivity index (χ0) is 14.8. The average molecular weight is 282 g/mol. The molecule has 3 aromatic rings. The number of nitrogens with zero attached hydrogens (tertiary/aromatic N) is 3. The van der Waals surface area contributed by atoms with Crippen LogP contribution in [0.3, 0.4) is 0 Å². The van der Waals surface area contributed by atoms with Crippen LogP contribution in [0.2, 0.25) is 0 Å². The van der Waals surface area contributed by atoms with Crippen molar-refractivity contribution in [3.8, 4) is 16.9 Å². The Morgan fingerprint density at radius 1 is 1.14 bits per heavy atom. The summed E-state index contributed by atoms with van der Waals surface area (Å²) < 4.78 is 15.1. The van der Waals surface area contributed by atoms with Crippen LogP contribution in [0.5, 0.6) is 0 Å². The summed E-state index contributed by atoms with van der Waals surface area (Å²) in [5.74, 6) is -0.312. The van der Waals surface area contributed by atoms with Gasteiger partial charge >= 0.3 is 0 Å². The topological polar surface area (TPSA) is 56.7 Å². The first-order valence-electron chi connectivity index (χ1n) is 6.67. The molecule has 0 unspecified atom stereocenters. The highest BCUT2D eigenvalue weighted by Crippen LogP contribution is 2.27. The smallest absolute Gasteiger partial charge is 0.125 e. The van der Waals surface area contributed by atoms with E-state index >= 15 is 0 Å². The highest BCUT2D eigenvalue weighted by atomic mass is 19.1. The van der Waals surface area contributed by atoms with Gasteiger partial charge in [0, 0.05) is 12.1 Å². The zero-order valence-electron chi connectivity index (χ0n) is 11.6. The standard InChI is InChI=1S/C16H15FN4/c1-11-5-2-3-8-14(11)16-15(10-18)19-20-21(16)13-7-4-6-12(17)9-13/h2-9H,10,18H2,1H3. The molecule has 0 spiro atoms. The van der Waals surface area contributed by atoms with Gasteiger partial charge in [0.25, 0.3) is 0 Å². The van der Waals surface area contributed by atoms with Crippen molar-refractivity contribution in [1.29, 1.82) is 0 Å². The number of nitrogens with two attached hydrogens (primary N) is 1. The maximum Gasteiger partial charge on any atom is 0.125 e. The maximum atomic E-state index is 13.5. The largest absolute Gasteiger partial charge is 0.325 e. The van der Waals surface area contributed by atoms with Crippen molar-refractivity contribution in [2.45, 2.75) is 13.5 Å². The lowest BCUT2D eigenvalue weighted by Crippen LogP contribution is -2.03. The summed E-state index contributed by atoms with van der Waals surface area (Å²) in [6, 6.07) is 14.2. The predicted molar refractivity (Wildman–Crippen MR) is 79.4 cm³/mol. The van der Waals surface area contributed by atoms with Crippen LogP contribution in [-0.4, -0.2) is 15.0 Å². The zero-order valence-corrected chi connectivity index (χ0v) is 11.6. The molecule has 1 heterocycles. The molecule has 0 fully saturated rings. The lowest BCUT2D eigenvalue weighted by atomic mass is 10.0. The highest BCUT2D eigenvalue weighted by molar-refractivity contribution is 5.67. The molecule has 0 aliphatic carbocycles. The van der Waals surface area contributed by atoms with Crippen LogP contribution in [-0.2, 0) is 6.54 Å². The van der Waals surface area contributed by atoms with E-state index in [2.05, 4.69) is 10.3 Å². The molecule has 0 radical (unpaired) electrons. The van der Waals surface area contributed by atoms with Crippen molar-refractivity contribution in [2.24, 2.45) is 5.73 Å². The number of rotatable bonds is 3. The maximum absolute atomic E-state index is 13.5. The fourth-order valence-electron chi connectivity index (χ4n) is 2.35. The van der Waals surface area contributed by atoms with Crippen molar-refractivity contribution in [1.82, 2.24) is 15.0 Å². The van der Waals surface area contributed by atoms with Gasteiger partial charge in [0.1, 0.15) is 11.5 Å². The molecule has 2 aromatic carbocycles. The Balaban J connectivity index is 2.24. The first-order chi connectivity index (χ1) is 10.2. The third-order valence-electron chi connectivity index (χ3n) is 3.39. The van der Waals surface area contributed by atoms with E-state index in [-0.39, 0.29) is 12.4 Å². The molecule has 3 rings (SSSR count). The van der Waals surface area contributed by atoms with Gasteiger partial charge in [-0.2, -0.15) is 0 Å². The first kappa shape index (κ1) is 13.5. The third-order valence-corrected chi connectivity index (χ3v) is 3.39. The molecule has 106 valence electrons. The van der Waals surface area contributed by atoms with Gasteiger partial charge in [-0.15, -0.1) is 5.10 Å². The van der Waals surface area contributed by atoms with E-state index in [4.69, 9.17) is 5.73 Å². The van der Waals surface area contributed by atoms with Crippen LogP contribution in [0.1, 0.15) is 11.3 Å². The summed E-state index contributed by atoms with van der Waals surface area (Å²) in [5.41, 5.74) is 9.97. The average Bonchev–Trinajstić information content (AvgIpc) is 2.91. The number of hydrogen-bond acceptors (Lipinski definition) is 3. The molecular weight excluding hydrogens is 267 g/mol. The Morgan fingerprint density at radius 2 is 1.95 bits per heavy atom. The molecule has 2 N–H and O–H groups in total. The number of hydrogen-bond donors (Lipinski definition) is 1. The van der Waals surface area contributed by atoms with E-state index in [0.29, 0.717) is 11.4 Å². The van der Waals surface area contributed by atoms with E-state index in [1.165, 1.54) is 12.1 Å². The molecule has 1 aromatic heterocycles. The molecule has 4 nitrogen and oxygen atoms in total. The number of aryl methyl sites for hydroxylation is 1. The molecule has 0 saturated heterocycles. The Bertz CT molecular complexity index is 779. The summed E-state index contributed by atoms with van der Waals surface area (Å²) in [7, 11) is 0. The van der Waals surface area contributed by atoms with Gasteiger partial charge in [-0.3, -0.25) is 0 Å². The molecule has 0 amide bonds. The Hall–Kier alpha value is -2.53. The van der Waals surface area contributed by atoms with Crippen molar-refractivity contribution in [3.63, 3.8) is 0 Å². The van der Waals surface area contributed by atoms with Gasteiger partial charge in [0.05, 0.1) is 11.4 Å². The van der Waals surface area contributed by atoms with E-state index < -0.39 is 0 Å². The lowest BCUT2D eigenvalue weighted by Gasteiger charge is -2.10. The molecule has 0 aliphatic rings. The highest BCUT2D eigenvalue weighted by Gasteiger charge is 2.16. The summed E-state index contributed by atoms with van der Waals surface area (Å²) >= 11 is 0. The molecule has 0 saturated carbocycles.